The molecule has 1 atom stereocenters. The van der Waals surface area contributed by atoms with E-state index in [-0.39, 0.29) is 18.0 Å². The zero-order valence-corrected chi connectivity index (χ0v) is 15.5. The molecule has 2 heterocycles. The van der Waals surface area contributed by atoms with Gasteiger partial charge in [0.05, 0.1) is 6.04 Å². The predicted molar refractivity (Wildman–Crippen MR) is 92.7 cm³/mol. The van der Waals surface area contributed by atoms with Gasteiger partial charge in [0.1, 0.15) is 17.2 Å². The summed E-state index contributed by atoms with van der Waals surface area (Å²) in [5, 5.41) is 3.05. The van der Waals surface area contributed by atoms with Crippen LogP contribution in [0.4, 0.5) is 0 Å². The molecular weight excluding hydrogens is 360 g/mol. The van der Waals surface area contributed by atoms with Crippen molar-refractivity contribution in [3.8, 4) is 0 Å². The van der Waals surface area contributed by atoms with Gasteiger partial charge < -0.3 is 19.0 Å². The first-order chi connectivity index (χ1) is 10.9. The topological polar surface area (TPSA) is 56.4 Å². The number of hydrogen-bond donors (Lipinski definition) is 1. The van der Waals surface area contributed by atoms with Crippen molar-refractivity contribution in [1.82, 2.24) is 9.88 Å². The Bertz CT molecular complexity index is 661. The summed E-state index contributed by atoms with van der Waals surface area (Å²) in [4.78, 5) is 12.7. The Hall–Kier alpha value is -1.53. The van der Waals surface area contributed by atoms with Crippen LogP contribution in [0.15, 0.2) is 33.3 Å². The molecule has 0 unspecified atom stereocenters. The lowest BCUT2D eigenvalue weighted by atomic mass is 10.1. The standard InChI is InChI=1S/C17H23BrN2O3/c1-11(2)20-10-13(18)9-15(20)17(21)19-14(7-8-22-4)16-6-5-12(3)23-16/h5-6,9-11,14H,7-8H2,1-4H3,(H,19,21)/t14-/m1/s1. The van der Waals surface area contributed by atoms with E-state index in [4.69, 9.17) is 9.15 Å². The largest absolute Gasteiger partial charge is 0.464 e. The average Bonchev–Trinajstić information content (AvgIpc) is 3.09. The van der Waals surface area contributed by atoms with Crippen molar-refractivity contribution >= 4 is 21.8 Å². The van der Waals surface area contributed by atoms with Crippen molar-refractivity contribution in [3.63, 3.8) is 0 Å². The molecule has 0 saturated carbocycles. The molecule has 0 aliphatic heterocycles. The van der Waals surface area contributed by atoms with Crippen molar-refractivity contribution in [2.45, 2.75) is 39.3 Å². The van der Waals surface area contributed by atoms with Crippen LogP contribution in [0.3, 0.4) is 0 Å². The Morgan fingerprint density at radius 2 is 2.17 bits per heavy atom. The molecule has 0 saturated heterocycles. The second kappa shape index (κ2) is 7.84. The molecule has 5 nitrogen and oxygen atoms in total. The lowest BCUT2D eigenvalue weighted by Gasteiger charge is -2.18. The van der Waals surface area contributed by atoms with Crippen molar-refractivity contribution in [2.24, 2.45) is 0 Å². The molecule has 0 spiro atoms. The number of ether oxygens (including phenoxy) is 1. The van der Waals surface area contributed by atoms with Crippen molar-refractivity contribution < 1.29 is 13.9 Å². The van der Waals surface area contributed by atoms with Gasteiger partial charge in [0, 0.05) is 30.4 Å². The van der Waals surface area contributed by atoms with E-state index in [0.717, 1.165) is 16.0 Å². The van der Waals surface area contributed by atoms with Crippen molar-refractivity contribution in [1.29, 1.82) is 0 Å². The highest BCUT2D eigenvalue weighted by Gasteiger charge is 2.21. The summed E-state index contributed by atoms with van der Waals surface area (Å²) in [6.45, 7) is 6.52. The summed E-state index contributed by atoms with van der Waals surface area (Å²) < 4.78 is 13.7. The van der Waals surface area contributed by atoms with Gasteiger partial charge in [0.15, 0.2) is 0 Å². The first-order valence-corrected chi connectivity index (χ1v) is 8.45. The predicted octanol–water partition coefficient (Wildman–Crippen LogP) is 4.24. The highest BCUT2D eigenvalue weighted by molar-refractivity contribution is 9.10. The third-order valence-corrected chi connectivity index (χ3v) is 4.06. The fourth-order valence-electron chi connectivity index (χ4n) is 2.45. The Kier molecular flexibility index (Phi) is 6.07. The maximum atomic E-state index is 12.7. The van der Waals surface area contributed by atoms with Crippen LogP contribution in [0.1, 0.15) is 54.4 Å². The summed E-state index contributed by atoms with van der Waals surface area (Å²) in [6, 6.07) is 5.61. The molecule has 1 amide bonds. The van der Waals surface area contributed by atoms with E-state index in [2.05, 4.69) is 21.2 Å². The third-order valence-electron chi connectivity index (χ3n) is 3.62. The second-order valence-electron chi connectivity index (χ2n) is 5.80. The summed E-state index contributed by atoms with van der Waals surface area (Å²) in [7, 11) is 1.65. The van der Waals surface area contributed by atoms with Gasteiger partial charge >= 0.3 is 0 Å². The minimum atomic E-state index is -0.217. The van der Waals surface area contributed by atoms with Gasteiger partial charge in [0.2, 0.25) is 0 Å². The van der Waals surface area contributed by atoms with Gasteiger partial charge in [-0.15, -0.1) is 0 Å². The van der Waals surface area contributed by atoms with Gasteiger partial charge in [-0.05, 0) is 61.3 Å². The zero-order chi connectivity index (χ0) is 17.0. The number of carbonyl (C=O) groups excluding carboxylic acids is 1. The number of aromatic nitrogens is 1. The fraction of sp³-hybridized carbons (Fsp3) is 0.471. The molecule has 0 aliphatic carbocycles. The van der Waals surface area contributed by atoms with Crippen LogP contribution in [0.2, 0.25) is 0 Å². The number of rotatable bonds is 7. The van der Waals surface area contributed by atoms with Gasteiger partial charge in [0.25, 0.3) is 5.91 Å². The quantitative estimate of drug-likeness (QED) is 0.778. The minimum absolute atomic E-state index is 0.125. The molecule has 2 aromatic heterocycles. The number of hydrogen-bond acceptors (Lipinski definition) is 3. The van der Waals surface area contributed by atoms with Crippen molar-refractivity contribution in [3.05, 3.63) is 46.1 Å². The zero-order valence-electron chi connectivity index (χ0n) is 13.9. The molecule has 0 aliphatic rings. The smallest absolute Gasteiger partial charge is 0.268 e. The third kappa shape index (κ3) is 4.48. The van der Waals surface area contributed by atoms with E-state index in [1.165, 1.54) is 0 Å². The van der Waals surface area contributed by atoms with Crippen LogP contribution in [0, 0.1) is 6.92 Å². The molecule has 2 aromatic rings. The highest BCUT2D eigenvalue weighted by Crippen LogP contribution is 2.23. The molecule has 0 radical (unpaired) electrons. The summed E-state index contributed by atoms with van der Waals surface area (Å²) in [5.41, 5.74) is 0.623. The number of nitrogens with zero attached hydrogens (tertiary/aromatic N) is 1. The normalized spacial score (nSPS) is 12.6. The van der Waals surface area contributed by atoms with Crippen LogP contribution in [-0.4, -0.2) is 24.2 Å². The Morgan fingerprint density at radius 1 is 1.43 bits per heavy atom. The Labute approximate surface area is 145 Å². The van der Waals surface area contributed by atoms with Crippen LogP contribution in [0.25, 0.3) is 0 Å². The van der Waals surface area contributed by atoms with Gasteiger partial charge in [-0.3, -0.25) is 4.79 Å². The summed E-state index contributed by atoms with van der Waals surface area (Å²) in [5.74, 6) is 1.44. The van der Waals surface area contributed by atoms with Crippen molar-refractivity contribution in [2.75, 3.05) is 13.7 Å². The lowest BCUT2D eigenvalue weighted by Crippen LogP contribution is -2.31. The van der Waals surface area contributed by atoms with Gasteiger partial charge in [-0.2, -0.15) is 0 Å². The monoisotopic (exact) mass is 382 g/mol. The van der Waals surface area contributed by atoms with E-state index in [9.17, 15) is 4.79 Å². The number of carbonyl (C=O) groups is 1. The van der Waals surface area contributed by atoms with Crippen LogP contribution in [0.5, 0.6) is 0 Å². The highest BCUT2D eigenvalue weighted by atomic mass is 79.9. The first-order valence-electron chi connectivity index (χ1n) is 7.66. The molecule has 2 rings (SSSR count). The molecule has 6 heteroatoms. The van der Waals surface area contributed by atoms with Crippen LogP contribution in [-0.2, 0) is 4.74 Å². The molecular formula is C17H23BrN2O3. The maximum absolute atomic E-state index is 12.7. The molecule has 0 fully saturated rings. The van der Waals surface area contributed by atoms with Crippen LogP contribution >= 0.6 is 15.9 Å². The van der Waals surface area contributed by atoms with Gasteiger partial charge in [-0.25, -0.2) is 0 Å². The van der Waals surface area contributed by atoms with E-state index in [0.29, 0.717) is 18.7 Å². The Balaban J connectivity index is 2.20. The number of furan rings is 1. The number of nitrogens with one attached hydrogen (secondary N) is 1. The van der Waals surface area contributed by atoms with Crippen LogP contribution < -0.4 is 5.32 Å². The van der Waals surface area contributed by atoms with E-state index >= 15 is 0 Å². The van der Waals surface area contributed by atoms with Gasteiger partial charge in [-0.1, -0.05) is 0 Å². The van der Waals surface area contributed by atoms with E-state index in [1.54, 1.807) is 7.11 Å². The Morgan fingerprint density at radius 3 is 2.74 bits per heavy atom. The lowest BCUT2D eigenvalue weighted by molar-refractivity contribution is 0.0906. The number of aryl methyl sites for hydroxylation is 1. The number of halogens is 1. The minimum Gasteiger partial charge on any atom is -0.464 e. The molecule has 0 aromatic carbocycles. The SMILES string of the molecule is COCC[C@@H](NC(=O)c1cc(Br)cn1C(C)C)c1ccc(C)o1. The average molecular weight is 383 g/mol. The molecule has 1 N–H and O–H groups in total. The van der Waals surface area contributed by atoms with E-state index < -0.39 is 0 Å². The number of methoxy groups -OCH3 is 1. The van der Waals surface area contributed by atoms with E-state index in [1.807, 2.05) is 49.7 Å². The first kappa shape index (κ1) is 17.8. The maximum Gasteiger partial charge on any atom is 0.268 e. The number of amides is 1. The molecule has 23 heavy (non-hydrogen) atoms. The summed E-state index contributed by atoms with van der Waals surface area (Å²) >= 11 is 3.44. The molecule has 126 valence electrons. The summed E-state index contributed by atoms with van der Waals surface area (Å²) in [6.07, 6.45) is 2.57. The fourth-order valence-corrected chi connectivity index (χ4v) is 2.89. The molecule has 0 bridgehead atoms. The second-order valence-corrected chi connectivity index (χ2v) is 6.72.